The molecule has 1 aromatic carbocycles. The summed E-state index contributed by atoms with van der Waals surface area (Å²) < 4.78 is 15.7. The fourth-order valence-electron chi connectivity index (χ4n) is 1.80. The van der Waals surface area contributed by atoms with Crippen molar-refractivity contribution in [1.82, 2.24) is 9.13 Å². The van der Waals surface area contributed by atoms with Crippen LogP contribution in [0.15, 0.2) is 23.0 Å². The summed E-state index contributed by atoms with van der Waals surface area (Å²) in [4.78, 5) is 22.3. The Balaban J connectivity index is 2.59. The molecule has 0 aliphatic carbocycles. The highest BCUT2D eigenvalue weighted by molar-refractivity contribution is 5.76. The Hall–Kier alpha value is -2.11. The second-order valence-electron chi connectivity index (χ2n) is 3.77. The number of carboxylic acid groups (broad SMARTS) is 1. The lowest BCUT2D eigenvalue weighted by atomic mass is 10.3. The molecule has 5 nitrogen and oxygen atoms in total. The number of aryl methyl sites for hydroxylation is 2. The molecule has 90 valence electrons. The number of halogens is 1. The van der Waals surface area contributed by atoms with Crippen LogP contribution in [0.3, 0.4) is 0 Å². The minimum absolute atomic E-state index is 0.0805. The number of fused-ring (bicyclic) bond motifs is 1. The van der Waals surface area contributed by atoms with Gasteiger partial charge in [0.15, 0.2) is 0 Å². The standard InChI is InChI=1S/C11H11FN2O3/c1-13-9-6-7(12)2-3-8(9)14(11(13)17)5-4-10(15)16/h2-3,6H,4-5H2,1H3,(H,15,16). The van der Waals surface area contributed by atoms with E-state index in [1.165, 1.54) is 34.4 Å². The van der Waals surface area contributed by atoms with Crippen molar-refractivity contribution in [3.8, 4) is 0 Å². The van der Waals surface area contributed by atoms with Crippen molar-refractivity contribution in [2.75, 3.05) is 0 Å². The molecule has 1 heterocycles. The zero-order valence-electron chi connectivity index (χ0n) is 9.18. The van der Waals surface area contributed by atoms with E-state index >= 15 is 0 Å². The maximum absolute atomic E-state index is 13.1. The molecule has 1 aromatic heterocycles. The molecule has 17 heavy (non-hydrogen) atoms. The van der Waals surface area contributed by atoms with Crippen LogP contribution in [0, 0.1) is 5.82 Å². The van der Waals surface area contributed by atoms with Gasteiger partial charge in [-0.1, -0.05) is 0 Å². The van der Waals surface area contributed by atoms with Crippen LogP contribution >= 0.6 is 0 Å². The minimum Gasteiger partial charge on any atom is -0.481 e. The number of rotatable bonds is 3. The fourth-order valence-corrected chi connectivity index (χ4v) is 1.80. The van der Waals surface area contributed by atoms with Crippen molar-refractivity contribution < 1.29 is 14.3 Å². The van der Waals surface area contributed by atoms with Crippen LogP contribution in [0.25, 0.3) is 11.0 Å². The first-order valence-corrected chi connectivity index (χ1v) is 5.07. The molecule has 0 radical (unpaired) electrons. The quantitative estimate of drug-likeness (QED) is 0.866. The highest BCUT2D eigenvalue weighted by atomic mass is 19.1. The topological polar surface area (TPSA) is 64.2 Å². The third kappa shape index (κ3) is 1.93. The first-order chi connectivity index (χ1) is 8.00. The Morgan fingerprint density at radius 1 is 1.41 bits per heavy atom. The lowest BCUT2D eigenvalue weighted by Gasteiger charge is -1.99. The maximum Gasteiger partial charge on any atom is 0.328 e. The molecule has 0 fully saturated rings. The van der Waals surface area contributed by atoms with Crippen LogP contribution in [0.4, 0.5) is 4.39 Å². The van der Waals surface area contributed by atoms with Gasteiger partial charge in [-0.2, -0.15) is 0 Å². The molecule has 0 bridgehead atoms. The molecule has 2 aromatic rings. The molecule has 6 heteroatoms. The Kier molecular flexibility index (Phi) is 2.71. The van der Waals surface area contributed by atoms with Crippen molar-refractivity contribution in [1.29, 1.82) is 0 Å². The monoisotopic (exact) mass is 238 g/mol. The van der Waals surface area contributed by atoms with Gasteiger partial charge in [-0.25, -0.2) is 9.18 Å². The summed E-state index contributed by atoms with van der Waals surface area (Å²) in [6.07, 6.45) is -0.142. The van der Waals surface area contributed by atoms with Crippen LogP contribution in [0.1, 0.15) is 6.42 Å². The Morgan fingerprint density at radius 3 is 2.76 bits per heavy atom. The van der Waals surface area contributed by atoms with E-state index in [0.29, 0.717) is 11.0 Å². The van der Waals surface area contributed by atoms with Crippen LogP contribution in [-0.4, -0.2) is 20.2 Å². The van der Waals surface area contributed by atoms with Gasteiger partial charge in [0.1, 0.15) is 5.82 Å². The highest BCUT2D eigenvalue weighted by Crippen LogP contribution is 2.14. The van der Waals surface area contributed by atoms with Gasteiger partial charge in [0, 0.05) is 13.6 Å². The summed E-state index contributed by atoms with van der Waals surface area (Å²) in [5.74, 6) is -1.40. The zero-order chi connectivity index (χ0) is 12.6. The normalized spacial score (nSPS) is 10.9. The first kappa shape index (κ1) is 11.4. The third-order valence-electron chi connectivity index (χ3n) is 2.66. The van der Waals surface area contributed by atoms with Gasteiger partial charge in [-0.15, -0.1) is 0 Å². The lowest BCUT2D eigenvalue weighted by Crippen LogP contribution is -2.23. The van der Waals surface area contributed by atoms with Crippen molar-refractivity contribution in [2.45, 2.75) is 13.0 Å². The van der Waals surface area contributed by atoms with Gasteiger partial charge in [-0.05, 0) is 18.2 Å². The average Bonchev–Trinajstić information content (AvgIpc) is 2.50. The molecular formula is C11H11FN2O3. The van der Waals surface area contributed by atoms with Crippen LogP contribution in [0.5, 0.6) is 0 Å². The minimum atomic E-state index is -0.976. The van der Waals surface area contributed by atoms with E-state index in [0.717, 1.165) is 0 Å². The van der Waals surface area contributed by atoms with E-state index in [-0.39, 0.29) is 18.7 Å². The molecule has 0 atom stereocenters. The van der Waals surface area contributed by atoms with Crippen molar-refractivity contribution >= 4 is 17.0 Å². The van der Waals surface area contributed by atoms with Gasteiger partial charge in [-0.3, -0.25) is 13.9 Å². The van der Waals surface area contributed by atoms with Crippen molar-refractivity contribution in [3.05, 3.63) is 34.5 Å². The smallest absolute Gasteiger partial charge is 0.328 e. The number of imidazole rings is 1. The number of carbonyl (C=O) groups is 1. The number of hydrogen-bond donors (Lipinski definition) is 1. The van der Waals surface area contributed by atoms with E-state index in [2.05, 4.69) is 0 Å². The van der Waals surface area contributed by atoms with E-state index in [1.807, 2.05) is 0 Å². The highest BCUT2D eigenvalue weighted by Gasteiger charge is 2.11. The molecule has 0 spiro atoms. The number of nitrogens with zero attached hydrogens (tertiary/aromatic N) is 2. The van der Waals surface area contributed by atoms with Crippen LogP contribution < -0.4 is 5.69 Å². The van der Waals surface area contributed by atoms with Gasteiger partial charge in [0.25, 0.3) is 0 Å². The van der Waals surface area contributed by atoms with E-state index in [4.69, 9.17) is 5.11 Å². The number of hydrogen-bond acceptors (Lipinski definition) is 2. The third-order valence-corrected chi connectivity index (χ3v) is 2.66. The fraction of sp³-hybridized carbons (Fsp3) is 0.273. The number of carboxylic acids is 1. The van der Waals surface area contributed by atoms with Gasteiger partial charge < -0.3 is 5.11 Å². The first-order valence-electron chi connectivity index (χ1n) is 5.07. The summed E-state index contributed by atoms with van der Waals surface area (Å²) in [7, 11) is 1.53. The number of aromatic nitrogens is 2. The van der Waals surface area contributed by atoms with Gasteiger partial charge >= 0.3 is 11.7 Å². The molecule has 1 N–H and O–H groups in total. The molecular weight excluding hydrogens is 227 g/mol. The molecule has 0 saturated heterocycles. The molecule has 0 amide bonds. The summed E-state index contributed by atoms with van der Waals surface area (Å²) in [6, 6.07) is 3.99. The van der Waals surface area contributed by atoms with E-state index < -0.39 is 11.8 Å². The Bertz CT molecular complexity index is 642. The van der Waals surface area contributed by atoms with Crippen LogP contribution in [-0.2, 0) is 18.4 Å². The van der Waals surface area contributed by atoms with Crippen molar-refractivity contribution in [3.63, 3.8) is 0 Å². The van der Waals surface area contributed by atoms with Gasteiger partial charge in [0.2, 0.25) is 0 Å². The summed E-state index contributed by atoms with van der Waals surface area (Å²) in [5.41, 5.74) is 0.660. The molecule has 0 aliphatic heterocycles. The zero-order valence-corrected chi connectivity index (χ0v) is 9.18. The largest absolute Gasteiger partial charge is 0.481 e. The molecule has 0 saturated carbocycles. The van der Waals surface area contributed by atoms with E-state index in [9.17, 15) is 14.0 Å². The van der Waals surface area contributed by atoms with Gasteiger partial charge in [0.05, 0.1) is 17.5 Å². The second kappa shape index (κ2) is 4.04. The summed E-state index contributed by atoms with van der Waals surface area (Å²) in [6.45, 7) is 0.0805. The molecule has 0 unspecified atom stereocenters. The SMILES string of the molecule is Cn1c(=O)n(CCC(=O)O)c2ccc(F)cc21. The number of aliphatic carboxylic acids is 1. The summed E-state index contributed by atoms with van der Waals surface area (Å²) >= 11 is 0. The summed E-state index contributed by atoms with van der Waals surface area (Å²) in [5, 5.41) is 8.61. The Labute approximate surface area is 95.7 Å². The average molecular weight is 238 g/mol. The van der Waals surface area contributed by atoms with Crippen molar-refractivity contribution in [2.24, 2.45) is 7.05 Å². The Morgan fingerprint density at radius 2 is 2.12 bits per heavy atom. The predicted molar refractivity (Wildman–Crippen MR) is 59.4 cm³/mol. The lowest BCUT2D eigenvalue weighted by molar-refractivity contribution is -0.137. The number of benzene rings is 1. The molecule has 0 aliphatic rings. The second-order valence-corrected chi connectivity index (χ2v) is 3.77. The maximum atomic E-state index is 13.1. The van der Waals surface area contributed by atoms with Crippen LogP contribution in [0.2, 0.25) is 0 Å². The predicted octanol–water partition coefficient (Wildman–Crippen LogP) is 0.954. The van der Waals surface area contributed by atoms with E-state index in [1.54, 1.807) is 0 Å². The molecule has 2 rings (SSSR count).